The van der Waals surface area contributed by atoms with Crippen LogP contribution in [0, 0.1) is 19.5 Å². The molecule has 1 heterocycles. The summed E-state index contributed by atoms with van der Waals surface area (Å²) >= 11 is 11.0. The van der Waals surface area contributed by atoms with E-state index < -0.39 is 33.0 Å². The summed E-state index contributed by atoms with van der Waals surface area (Å²) in [4.78, 5) is 27.3. The average molecular weight is 544 g/mol. The molecular weight excluding hydrogens is 533 g/mol. The molecule has 3 rings (SSSR count). The van der Waals surface area contributed by atoms with Crippen LogP contribution < -0.4 is 0 Å². The third-order valence-electron chi connectivity index (χ3n) is 4.49. The molecule has 10 heteroatoms. The summed E-state index contributed by atoms with van der Waals surface area (Å²) in [5, 5.41) is 11.4. The Balaban J connectivity index is 2.52. The van der Waals surface area contributed by atoms with E-state index in [1.807, 2.05) is 22.6 Å². The number of ether oxygens (including phenoxy) is 1. The smallest absolute Gasteiger partial charge is 0.316 e. The van der Waals surface area contributed by atoms with Gasteiger partial charge in [0.25, 0.3) is 0 Å². The molecule has 0 bridgehead atoms. The number of rotatable bonds is 3. The summed E-state index contributed by atoms with van der Waals surface area (Å²) in [6, 6.07) is 1.57. The largest absolute Gasteiger partial charge is 0.468 e. The number of carbonyl (C=O) groups excluding carboxylic acids is 1. The van der Waals surface area contributed by atoms with Gasteiger partial charge in [-0.2, -0.15) is 0 Å². The maximum atomic E-state index is 14.7. The number of hydrogen-bond donors (Lipinski definition) is 0. The third-order valence-corrected chi connectivity index (χ3v) is 7.12. The quantitative estimate of drug-likeness (QED) is 0.137. The molecule has 1 aromatic carbocycles. The number of esters is 1. The van der Waals surface area contributed by atoms with Crippen LogP contribution in [0.4, 0.5) is 10.1 Å². The van der Waals surface area contributed by atoms with Crippen LogP contribution in [0.3, 0.4) is 0 Å². The van der Waals surface area contributed by atoms with Crippen molar-refractivity contribution in [2.75, 3.05) is 7.11 Å². The standard InChI is InChI=1S/C15H10BrClFIN2O4/c1-25-14(22)15(3-2-4-15)8-6-5-7(19)9(16)10(18)11(6)20-13(17)12(8)21(23)24/h5H,2-4H2,1H3. The fourth-order valence-corrected chi connectivity index (χ4v) is 4.30. The first-order valence-corrected chi connectivity index (χ1v) is 9.39. The predicted molar refractivity (Wildman–Crippen MR) is 101 cm³/mol. The molecular formula is C15H10BrClFIN2O4. The lowest BCUT2D eigenvalue weighted by Gasteiger charge is -2.39. The van der Waals surface area contributed by atoms with Crippen molar-refractivity contribution in [3.63, 3.8) is 0 Å². The average Bonchev–Trinajstić information content (AvgIpc) is 2.52. The molecule has 0 unspecified atom stereocenters. The summed E-state index contributed by atoms with van der Waals surface area (Å²) in [6.07, 6.45) is 1.43. The van der Waals surface area contributed by atoms with Crippen LogP contribution in [0.5, 0.6) is 0 Å². The van der Waals surface area contributed by atoms with E-state index in [-0.39, 0.29) is 20.9 Å². The van der Waals surface area contributed by atoms with E-state index in [0.29, 0.717) is 22.8 Å². The van der Waals surface area contributed by atoms with Crippen molar-refractivity contribution in [3.8, 4) is 0 Å². The molecule has 0 spiro atoms. The Labute approximate surface area is 168 Å². The van der Waals surface area contributed by atoms with Crippen molar-refractivity contribution in [3.05, 3.63) is 40.8 Å². The van der Waals surface area contributed by atoms with Crippen LogP contribution in [0.25, 0.3) is 10.9 Å². The maximum absolute atomic E-state index is 14.7. The lowest BCUT2D eigenvalue weighted by atomic mass is 9.63. The predicted octanol–water partition coefficient (Wildman–Crippen LogP) is 4.90. The van der Waals surface area contributed by atoms with Crippen LogP contribution >= 0.6 is 50.1 Å². The number of pyridine rings is 1. The molecule has 2 aromatic rings. The molecule has 1 aliphatic rings. The van der Waals surface area contributed by atoms with Crippen LogP contribution in [-0.4, -0.2) is 23.0 Å². The Hall–Kier alpha value is -1.07. The normalized spacial score (nSPS) is 15.7. The molecule has 132 valence electrons. The summed E-state index contributed by atoms with van der Waals surface area (Å²) in [7, 11) is 1.22. The highest BCUT2D eigenvalue weighted by molar-refractivity contribution is 14.1. The fourth-order valence-electron chi connectivity index (χ4n) is 3.20. The monoisotopic (exact) mass is 542 g/mol. The molecule has 1 fully saturated rings. The van der Waals surface area contributed by atoms with E-state index in [4.69, 9.17) is 16.3 Å². The van der Waals surface area contributed by atoms with Crippen LogP contribution in [-0.2, 0) is 14.9 Å². The number of methoxy groups -OCH3 is 1. The van der Waals surface area contributed by atoms with Gasteiger partial charge in [-0.05, 0) is 57.4 Å². The second kappa shape index (κ2) is 6.58. The van der Waals surface area contributed by atoms with E-state index in [0.717, 1.165) is 0 Å². The molecule has 25 heavy (non-hydrogen) atoms. The van der Waals surface area contributed by atoms with Gasteiger partial charge in [-0.3, -0.25) is 14.9 Å². The Morgan fingerprint density at radius 3 is 2.68 bits per heavy atom. The molecule has 1 saturated carbocycles. The summed E-state index contributed by atoms with van der Waals surface area (Å²) in [5.41, 5.74) is -1.73. The molecule has 0 aliphatic heterocycles. The zero-order valence-corrected chi connectivity index (χ0v) is 17.2. The van der Waals surface area contributed by atoms with Gasteiger partial charge in [0.15, 0.2) is 5.82 Å². The minimum Gasteiger partial charge on any atom is -0.468 e. The van der Waals surface area contributed by atoms with Crippen LogP contribution in [0.15, 0.2) is 10.5 Å². The first-order valence-electron chi connectivity index (χ1n) is 7.14. The van der Waals surface area contributed by atoms with Gasteiger partial charge < -0.3 is 4.74 Å². The molecule has 6 nitrogen and oxygen atoms in total. The van der Waals surface area contributed by atoms with Crippen molar-refractivity contribution in [2.24, 2.45) is 0 Å². The Kier molecular flexibility index (Phi) is 4.93. The van der Waals surface area contributed by atoms with Gasteiger partial charge in [-0.1, -0.05) is 18.0 Å². The minimum atomic E-state index is -1.22. The second-order valence-electron chi connectivity index (χ2n) is 5.69. The topological polar surface area (TPSA) is 82.3 Å². The fraction of sp³-hybridized carbons (Fsp3) is 0.333. The highest BCUT2D eigenvalue weighted by Gasteiger charge is 2.52. The lowest BCUT2D eigenvalue weighted by Crippen LogP contribution is -2.44. The SMILES string of the molecule is COC(=O)C1(c2c([N+](=O)[O-])c(Cl)nc3c(F)c(Br)c(I)cc23)CCC1. The summed E-state index contributed by atoms with van der Waals surface area (Å²) in [5.74, 6) is -1.27. The molecule has 1 aliphatic carbocycles. The van der Waals surface area contributed by atoms with Gasteiger partial charge in [0.2, 0.25) is 5.15 Å². The van der Waals surface area contributed by atoms with Gasteiger partial charge >= 0.3 is 11.7 Å². The Morgan fingerprint density at radius 1 is 1.56 bits per heavy atom. The first kappa shape index (κ1) is 18.7. The second-order valence-corrected chi connectivity index (χ2v) is 8.01. The van der Waals surface area contributed by atoms with E-state index in [2.05, 4.69) is 20.9 Å². The van der Waals surface area contributed by atoms with Crippen molar-refractivity contribution >= 4 is 72.7 Å². The zero-order valence-electron chi connectivity index (χ0n) is 12.7. The summed E-state index contributed by atoms with van der Waals surface area (Å²) in [6.45, 7) is 0. The zero-order chi connectivity index (χ0) is 18.5. The maximum Gasteiger partial charge on any atom is 0.316 e. The van der Waals surface area contributed by atoms with E-state index in [1.54, 1.807) is 6.07 Å². The van der Waals surface area contributed by atoms with E-state index in [1.165, 1.54) is 7.11 Å². The number of hydrogen-bond acceptors (Lipinski definition) is 5. The molecule has 0 atom stereocenters. The van der Waals surface area contributed by atoms with Gasteiger partial charge in [-0.25, -0.2) is 9.37 Å². The Morgan fingerprint density at radius 2 is 2.20 bits per heavy atom. The first-order chi connectivity index (χ1) is 11.7. The molecule has 0 N–H and O–H groups in total. The third kappa shape index (κ3) is 2.71. The van der Waals surface area contributed by atoms with Gasteiger partial charge in [0, 0.05) is 8.96 Å². The molecule has 0 radical (unpaired) electrons. The van der Waals surface area contributed by atoms with Crippen molar-refractivity contribution in [2.45, 2.75) is 24.7 Å². The number of fused-ring (bicyclic) bond motifs is 1. The highest BCUT2D eigenvalue weighted by Crippen LogP contribution is 2.52. The number of halogens is 4. The number of nitro groups is 1. The van der Waals surface area contributed by atoms with Gasteiger partial charge in [-0.15, -0.1) is 0 Å². The van der Waals surface area contributed by atoms with Gasteiger partial charge in [0.1, 0.15) is 10.9 Å². The van der Waals surface area contributed by atoms with Crippen LogP contribution in [0.2, 0.25) is 5.15 Å². The lowest BCUT2D eigenvalue weighted by molar-refractivity contribution is -0.386. The van der Waals surface area contributed by atoms with Crippen molar-refractivity contribution < 1.29 is 18.8 Å². The van der Waals surface area contributed by atoms with E-state index >= 15 is 0 Å². The highest BCUT2D eigenvalue weighted by atomic mass is 127. The van der Waals surface area contributed by atoms with Crippen molar-refractivity contribution in [1.29, 1.82) is 0 Å². The molecule has 0 saturated heterocycles. The van der Waals surface area contributed by atoms with Crippen molar-refractivity contribution in [1.82, 2.24) is 4.98 Å². The number of aromatic nitrogens is 1. The molecule has 0 amide bonds. The van der Waals surface area contributed by atoms with E-state index in [9.17, 15) is 19.3 Å². The minimum absolute atomic E-state index is 0.0786. The van der Waals surface area contributed by atoms with Gasteiger partial charge in [0.05, 0.1) is 22.1 Å². The number of nitrogens with zero attached hydrogens (tertiary/aromatic N) is 2. The van der Waals surface area contributed by atoms with Crippen LogP contribution in [0.1, 0.15) is 24.8 Å². The summed E-state index contributed by atoms with van der Waals surface area (Å²) < 4.78 is 20.3. The number of carbonyl (C=O) groups is 1. The number of benzene rings is 1. The Bertz CT molecular complexity index is 936. The molecule has 1 aromatic heterocycles.